The van der Waals surface area contributed by atoms with Crippen molar-refractivity contribution in [1.29, 1.82) is 0 Å². The monoisotopic (exact) mass is 434 g/mol. The lowest BCUT2D eigenvalue weighted by atomic mass is 10.1. The van der Waals surface area contributed by atoms with E-state index in [0.717, 1.165) is 11.1 Å². The Kier molecular flexibility index (Phi) is 7.82. The fourth-order valence-corrected chi connectivity index (χ4v) is 3.22. The largest absolute Gasteiger partial charge is 0.480 e. The van der Waals surface area contributed by atoms with Crippen LogP contribution in [0, 0.1) is 13.8 Å². The summed E-state index contributed by atoms with van der Waals surface area (Å²) in [5.74, 6) is -2.35. The summed E-state index contributed by atoms with van der Waals surface area (Å²) < 4.78 is 0. The Labute approximate surface area is 178 Å². The average molecular weight is 435 g/mol. The number of nitrogens with one attached hydrogen (secondary N) is 2. The van der Waals surface area contributed by atoms with Crippen molar-refractivity contribution >= 4 is 46.7 Å². The van der Waals surface area contributed by atoms with Crippen LogP contribution in [-0.4, -0.2) is 28.9 Å². The van der Waals surface area contributed by atoms with Crippen LogP contribution in [0.15, 0.2) is 48.6 Å². The number of hydrogen-bond donors (Lipinski definition) is 3. The number of carbonyl (C=O) groups is 3. The highest BCUT2D eigenvalue weighted by Gasteiger charge is 2.22. The maximum absolute atomic E-state index is 12.4. The van der Waals surface area contributed by atoms with Gasteiger partial charge in [0.05, 0.1) is 15.6 Å². The van der Waals surface area contributed by atoms with Crippen molar-refractivity contribution in [2.75, 3.05) is 5.32 Å². The van der Waals surface area contributed by atoms with Gasteiger partial charge in [-0.15, -0.1) is 0 Å². The second-order valence-electron chi connectivity index (χ2n) is 6.36. The molecule has 0 spiro atoms. The van der Waals surface area contributed by atoms with Crippen LogP contribution in [0.4, 0.5) is 5.69 Å². The normalized spacial score (nSPS) is 11.9. The van der Waals surface area contributed by atoms with Crippen molar-refractivity contribution in [3.05, 3.63) is 75.3 Å². The summed E-state index contributed by atoms with van der Waals surface area (Å²) in [6.45, 7) is 3.75. The number of aliphatic carboxylic acids is 1. The molecule has 8 heteroatoms. The lowest BCUT2D eigenvalue weighted by molar-refractivity contribution is -0.139. The van der Waals surface area contributed by atoms with Gasteiger partial charge in [0, 0.05) is 5.69 Å². The Morgan fingerprint density at radius 2 is 1.59 bits per heavy atom. The Balaban J connectivity index is 2.03. The first-order valence-corrected chi connectivity index (χ1v) is 9.47. The Morgan fingerprint density at radius 3 is 2.14 bits per heavy atom. The topological polar surface area (TPSA) is 95.5 Å². The summed E-state index contributed by atoms with van der Waals surface area (Å²) in [5.41, 5.74) is 2.54. The summed E-state index contributed by atoms with van der Waals surface area (Å²) >= 11 is 12.0. The number of rotatable bonds is 7. The number of carboxylic acid groups (broad SMARTS) is 1. The number of benzene rings is 2. The van der Waals surface area contributed by atoms with Gasteiger partial charge in [-0.2, -0.15) is 0 Å². The Morgan fingerprint density at radius 1 is 1.03 bits per heavy atom. The molecule has 0 fully saturated rings. The molecule has 0 aliphatic heterocycles. The molecule has 0 unspecified atom stereocenters. The number of aryl methyl sites for hydroxylation is 2. The molecule has 0 bridgehead atoms. The zero-order valence-electron chi connectivity index (χ0n) is 15.8. The fourth-order valence-electron chi connectivity index (χ4n) is 2.65. The van der Waals surface area contributed by atoms with Crippen LogP contribution < -0.4 is 10.6 Å². The summed E-state index contributed by atoms with van der Waals surface area (Å²) in [6, 6.07) is 8.94. The molecule has 0 saturated heterocycles. The van der Waals surface area contributed by atoms with Crippen LogP contribution in [0.5, 0.6) is 0 Å². The molecule has 152 valence electrons. The molecule has 2 aromatic carbocycles. The standard InChI is InChI=1S/C21H20Cl2N2O4/c1-12-6-3-7-13(2)19(12)25-17(26)11-5-10-16(21(28)29)24-20(27)18-14(22)8-4-9-15(18)23/h3-9,11,16H,10H2,1-2H3,(H,24,27)(H,25,26)(H,28,29)/b11-5-/t16-/m0/s1. The number of hydrogen-bond acceptors (Lipinski definition) is 3. The number of anilines is 1. The number of carboxylic acids is 1. The van der Waals surface area contributed by atoms with Crippen LogP contribution >= 0.6 is 23.2 Å². The van der Waals surface area contributed by atoms with E-state index in [2.05, 4.69) is 10.6 Å². The van der Waals surface area contributed by atoms with Crippen molar-refractivity contribution in [2.45, 2.75) is 26.3 Å². The number of para-hydroxylation sites is 1. The highest BCUT2D eigenvalue weighted by atomic mass is 35.5. The van der Waals surface area contributed by atoms with Crippen molar-refractivity contribution in [3.8, 4) is 0 Å². The first-order chi connectivity index (χ1) is 13.7. The molecule has 0 aliphatic carbocycles. The van der Waals surface area contributed by atoms with Gasteiger partial charge in [-0.25, -0.2) is 4.79 Å². The van der Waals surface area contributed by atoms with Gasteiger partial charge in [0.15, 0.2) is 0 Å². The van der Waals surface area contributed by atoms with E-state index < -0.39 is 23.8 Å². The molecule has 0 aliphatic rings. The van der Waals surface area contributed by atoms with Crippen molar-refractivity contribution in [1.82, 2.24) is 5.32 Å². The van der Waals surface area contributed by atoms with E-state index in [4.69, 9.17) is 23.2 Å². The second-order valence-corrected chi connectivity index (χ2v) is 7.17. The van der Waals surface area contributed by atoms with E-state index >= 15 is 0 Å². The molecule has 1 atom stereocenters. The first-order valence-electron chi connectivity index (χ1n) is 8.72. The number of amides is 2. The van der Waals surface area contributed by atoms with Crippen LogP contribution in [0.2, 0.25) is 10.0 Å². The molecule has 6 nitrogen and oxygen atoms in total. The highest BCUT2D eigenvalue weighted by Crippen LogP contribution is 2.24. The maximum atomic E-state index is 12.4. The van der Waals surface area contributed by atoms with E-state index in [0.29, 0.717) is 5.69 Å². The minimum absolute atomic E-state index is 0.00108. The van der Waals surface area contributed by atoms with Crippen molar-refractivity contribution in [2.24, 2.45) is 0 Å². The molecular weight excluding hydrogens is 415 g/mol. The number of carbonyl (C=O) groups excluding carboxylic acids is 2. The van der Waals surface area contributed by atoms with Gasteiger partial charge in [0.1, 0.15) is 6.04 Å². The summed E-state index contributed by atoms with van der Waals surface area (Å²) in [4.78, 5) is 36.0. The zero-order valence-corrected chi connectivity index (χ0v) is 17.3. The lowest BCUT2D eigenvalue weighted by Crippen LogP contribution is -2.40. The van der Waals surface area contributed by atoms with E-state index in [1.165, 1.54) is 24.3 Å². The summed E-state index contributed by atoms with van der Waals surface area (Å²) in [7, 11) is 0. The molecule has 0 saturated carbocycles. The van der Waals surface area contributed by atoms with Gasteiger partial charge in [-0.1, -0.05) is 53.5 Å². The van der Waals surface area contributed by atoms with Crippen LogP contribution in [-0.2, 0) is 9.59 Å². The predicted molar refractivity (Wildman–Crippen MR) is 114 cm³/mol. The quantitative estimate of drug-likeness (QED) is 0.563. The van der Waals surface area contributed by atoms with Crippen LogP contribution in [0.3, 0.4) is 0 Å². The van der Waals surface area contributed by atoms with E-state index in [-0.39, 0.29) is 22.0 Å². The molecule has 2 aromatic rings. The summed E-state index contributed by atoms with van der Waals surface area (Å²) in [6.07, 6.45) is 2.52. The van der Waals surface area contributed by atoms with Crippen molar-refractivity contribution < 1.29 is 19.5 Å². The van der Waals surface area contributed by atoms with Gasteiger partial charge in [0.25, 0.3) is 5.91 Å². The minimum Gasteiger partial charge on any atom is -0.480 e. The third-order valence-electron chi connectivity index (χ3n) is 4.16. The second kappa shape index (κ2) is 10.1. The van der Waals surface area contributed by atoms with Crippen LogP contribution in [0.1, 0.15) is 27.9 Å². The van der Waals surface area contributed by atoms with Gasteiger partial charge in [0.2, 0.25) is 5.91 Å². The molecular formula is C21H20Cl2N2O4. The molecule has 0 heterocycles. The smallest absolute Gasteiger partial charge is 0.326 e. The zero-order chi connectivity index (χ0) is 21.6. The first kappa shape index (κ1) is 22.5. The summed E-state index contributed by atoms with van der Waals surface area (Å²) in [5, 5.41) is 14.7. The highest BCUT2D eigenvalue weighted by molar-refractivity contribution is 6.39. The van der Waals surface area contributed by atoms with Gasteiger partial charge in [-0.05, 0) is 49.6 Å². The Hall–Kier alpha value is -2.83. The third kappa shape index (κ3) is 6.07. The van der Waals surface area contributed by atoms with E-state index in [1.807, 2.05) is 32.0 Å². The molecule has 0 radical (unpaired) electrons. The molecule has 2 rings (SSSR count). The predicted octanol–water partition coefficient (Wildman–Crippen LogP) is 4.38. The Bertz CT molecular complexity index is 933. The van der Waals surface area contributed by atoms with E-state index in [1.54, 1.807) is 6.07 Å². The fraction of sp³-hybridized carbons (Fsp3) is 0.190. The minimum atomic E-state index is -1.25. The SMILES string of the molecule is Cc1cccc(C)c1NC(=O)/C=C\C[C@H](NC(=O)c1c(Cl)cccc1Cl)C(=O)O. The van der Waals surface area contributed by atoms with Gasteiger partial charge >= 0.3 is 5.97 Å². The lowest BCUT2D eigenvalue weighted by Gasteiger charge is -2.14. The molecule has 3 N–H and O–H groups in total. The molecule has 0 aromatic heterocycles. The van der Waals surface area contributed by atoms with E-state index in [9.17, 15) is 19.5 Å². The maximum Gasteiger partial charge on any atom is 0.326 e. The number of halogens is 2. The average Bonchev–Trinajstić information content (AvgIpc) is 2.63. The molecule has 29 heavy (non-hydrogen) atoms. The van der Waals surface area contributed by atoms with Crippen molar-refractivity contribution in [3.63, 3.8) is 0 Å². The third-order valence-corrected chi connectivity index (χ3v) is 4.79. The van der Waals surface area contributed by atoms with Gasteiger partial charge < -0.3 is 15.7 Å². The van der Waals surface area contributed by atoms with Crippen LogP contribution in [0.25, 0.3) is 0 Å². The van der Waals surface area contributed by atoms with Gasteiger partial charge in [-0.3, -0.25) is 9.59 Å². The molecule has 2 amide bonds.